The van der Waals surface area contributed by atoms with Gasteiger partial charge in [0.1, 0.15) is 5.75 Å². The van der Waals surface area contributed by atoms with E-state index in [1.165, 1.54) is 42.7 Å². The average molecular weight is 400 g/mol. The highest BCUT2D eigenvalue weighted by atomic mass is 35.5. The van der Waals surface area contributed by atoms with Crippen LogP contribution in [0, 0.1) is 6.92 Å². The molecule has 0 saturated carbocycles. The number of carbonyl (C=O) groups is 2. The van der Waals surface area contributed by atoms with Gasteiger partial charge in [-0.05, 0) is 31.2 Å². The minimum atomic E-state index is -2.67. The van der Waals surface area contributed by atoms with Crippen molar-refractivity contribution >= 4 is 45.7 Å². The van der Waals surface area contributed by atoms with Crippen LogP contribution < -0.4 is 4.74 Å². The summed E-state index contributed by atoms with van der Waals surface area (Å²) in [4.78, 5) is 24.2. The Labute approximate surface area is 155 Å². The third-order valence-corrected chi connectivity index (χ3v) is 5.20. The Bertz CT molecular complexity index is 1040. The summed E-state index contributed by atoms with van der Waals surface area (Å²) in [5.41, 5.74) is 0.554. The number of nitrogens with zero attached hydrogens (tertiary/aromatic N) is 1. The number of aromatic nitrogens is 1. The molecule has 0 amide bonds. The Balaban J connectivity index is 2.25. The third kappa shape index (κ3) is 2.95. The Kier molecular flexibility index (Phi) is 4.72. The molecule has 3 rings (SSSR count). The number of phenolic OH excluding ortho intramolecular Hbond substituents is 1. The fourth-order valence-corrected chi connectivity index (χ4v) is 3.69. The molecule has 26 heavy (non-hydrogen) atoms. The predicted octanol–water partition coefficient (Wildman–Crippen LogP) is 4.92. The van der Waals surface area contributed by atoms with Gasteiger partial charge in [-0.2, -0.15) is 0 Å². The number of phenols is 1. The van der Waals surface area contributed by atoms with Crippen LogP contribution in [0.4, 0.5) is 8.78 Å². The second kappa shape index (κ2) is 6.69. The molecule has 0 saturated heterocycles. The van der Waals surface area contributed by atoms with Crippen LogP contribution in [0.5, 0.6) is 11.5 Å². The molecule has 0 atom stereocenters. The van der Waals surface area contributed by atoms with Gasteiger partial charge in [-0.3, -0.25) is 14.2 Å². The Morgan fingerprint density at radius 3 is 2.54 bits per heavy atom. The van der Waals surface area contributed by atoms with E-state index in [1.54, 1.807) is 0 Å². The van der Waals surface area contributed by atoms with E-state index in [4.69, 9.17) is 16.3 Å². The topological polar surface area (TPSA) is 68.5 Å². The smallest absolute Gasteiger partial charge is 0.308 e. The van der Waals surface area contributed by atoms with Crippen molar-refractivity contribution in [3.05, 3.63) is 44.7 Å². The Morgan fingerprint density at radius 1 is 1.27 bits per heavy atom. The van der Waals surface area contributed by atoms with Crippen LogP contribution >= 0.6 is 22.9 Å². The largest absolute Gasteiger partial charge is 0.506 e. The fraction of sp³-hybridized carbons (Fsp3) is 0.176. The van der Waals surface area contributed by atoms with Crippen molar-refractivity contribution in [2.75, 3.05) is 0 Å². The first kappa shape index (κ1) is 18.3. The highest BCUT2D eigenvalue weighted by Gasteiger charge is 2.26. The molecular weight excluding hydrogens is 388 g/mol. The Hall–Kier alpha value is -2.45. The monoisotopic (exact) mass is 399 g/mol. The summed E-state index contributed by atoms with van der Waals surface area (Å²) in [5.74, 6) is -1.40. The normalized spacial score (nSPS) is 11.3. The maximum absolute atomic E-state index is 12.9. The number of hydrogen-bond donors (Lipinski definition) is 1. The fourth-order valence-electron chi connectivity index (χ4n) is 2.65. The summed E-state index contributed by atoms with van der Waals surface area (Å²) in [6, 6.07) is 5.24. The van der Waals surface area contributed by atoms with E-state index >= 15 is 0 Å². The molecule has 0 aliphatic carbocycles. The number of alkyl halides is 2. The number of esters is 1. The van der Waals surface area contributed by atoms with Crippen LogP contribution in [-0.2, 0) is 4.79 Å². The van der Waals surface area contributed by atoms with Crippen molar-refractivity contribution < 1.29 is 28.2 Å². The third-order valence-electron chi connectivity index (χ3n) is 3.73. The van der Waals surface area contributed by atoms with Crippen LogP contribution in [0.3, 0.4) is 0 Å². The number of rotatable bonds is 3. The average Bonchev–Trinajstić information content (AvgIpc) is 3.15. The summed E-state index contributed by atoms with van der Waals surface area (Å²) in [5, 5.41) is 9.97. The molecule has 0 aliphatic heterocycles. The van der Waals surface area contributed by atoms with E-state index in [9.17, 15) is 23.5 Å². The minimum Gasteiger partial charge on any atom is -0.506 e. The summed E-state index contributed by atoms with van der Waals surface area (Å²) >= 11 is 6.81. The van der Waals surface area contributed by atoms with Gasteiger partial charge in [-0.15, -0.1) is 11.3 Å². The molecule has 136 valence electrons. The van der Waals surface area contributed by atoms with Crippen LogP contribution in [-0.4, -0.2) is 21.6 Å². The minimum absolute atomic E-state index is 0.0346. The summed E-state index contributed by atoms with van der Waals surface area (Å²) in [6.45, 7) is 2.72. The lowest BCUT2D eigenvalue weighted by Crippen LogP contribution is -2.12. The first-order chi connectivity index (χ1) is 12.2. The highest BCUT2D eigenvalue weighted by Crippen LogP contribution is 2.42. The van der Waals surface area contributed by atoms with E-state index in [0.717, 1.165) is 0 Å². The standard InChI is InChI=1S/C17H12ClF2NO4S/c1-7-15(25-8(2)22)13-9(3-4-10(23)14(13)18)21(7)17(24)12-6-5-11(26-12)16(19)20/h3-6,16,23H,1-2H3. The predicted molar refractivity (Wildman–Crippen MR) is 93.7 cm³/mol. The van der Waals surface area contributed by atoms with Crippen molar-refractivity contribution in [3.8, 4) is 11.5 Å². The number of benzene rings is 1. The lowest BCUT2D eigenvalue weighted by atomic mass is 10.2. The number of carbonyl (C=O) groups excluding carboxylic acids is 2. The maximum Gasteiger partial charge on any atom is 0.308 e. The van der Waals surface area contributed by atoms with Gasteiger partial charge in [0.25, 0.3) is 12.3 Å². The van der Waals surface area contributed by atoms with Gasteiger partial charge in [-0.1, -0.05) is 11.6 Å². The zero-order chi connectivity index (χ0) is 19.2. The number of thiophene rings is 1. The second-order valence-corrected chi connectivity index (χ2v) is 6.94. The second-order valence-electron chi connectivity index (χ2n) is 5.44. The van der Waals surface area contributed by atoms with Gasteiger partial charge in [0.05, 0.1) is 31.4 Å². The summed E-state index contributed by atoms with van der Waals surface area (Å²) in [6.07, 6.45) is -2.67. The molecule has 0 spiro atoms. The maximum atomic E-state index is 12.9. The van der Waals surface area contributed by atoms with E-state index in [1.807, 2.05) is 0 Å². The molecule has 0 radical (unpaired) electrons. The van der Waals surface area contributed by atoms with E-state index in [2.05, 4.69) is 0 Å². The molecule has 1 N–H and O–H groups in total. The SMILES string of the molecule is CC(=O)Oc1c(C)n(C(=O)c2ccc(C(F)F)s2)c2ccc(O)c(Cl)c12. The zero-order valence-corrected chi connectivity index (χ0v) is 15.1. The number of hydrogen-bond acceptors (Lipinski definition) is 5. The first-order valence-corrected chi connectivity index (χ1v) is 8.55. The molecule has 1 aromatic carbocycles. The molecule has 5 nitrogen and oxygen atoms in total. The van der Waals surface area contributed by atoms with Crippen molar-refractivity contribution in [1.29, 1.82) is 0 Å². The van der Waals surface area contributed by atoms with Crippen LogP contribution in [0.25, 0.3) is 10.9 Å². The van der Waals surface area contributed by atoms with Crippen molar-refractivity contribution in [1.82, 2.24) is 4.57 Å². The lowest BCUT2D eigenvalue weighted by Gasteiger charge is -2.05. The van der Waals surface area contributed by atoms with Gasteiger partial charge >= 0.3 is 5.97 Å². The highest BCUT2D eigenvalue weighted by molar-refractivity contribution is 7.14. The van der Waals surface area contributed by atoms with E-state index < -0.39 is 18.3 Å². The molecule has 0 aliphatic rings. The molecule has 0 fully saturated rings. The van der Waals surface area contributed by atoms with Gasteiger partial charge in [0.15, 0.2) is 5.75 Å². The van der Waals surface area contributed by atoms with Crippen LogP contribution in [0.15, 0.2) is 24.3 Å². The van der Waals surface area contributed by atoms with Gasteiger partial charge in [0, 0.05) is 6.92 Å². The molecule has 3 aromatic rings. The summed E-state index contributed by atoms with van der Waals surface area (Å²) < 4.78 is 32.0. The van der Waals surface area contributed by atoms with E-state index in [0.29, 0.717) is 16.9 Å². The molecule has 0 unspecified atom stereocenters. The van der Waals surface area contributed by atoms with Gasteiger partial charge in [-0.25, -0.2) is 8.78 Å². The van der Waals surface area contributed by atoms with Crippen molar-refractivity contribution in [3.63, 3.8) is 0 Å². The van der Waals surface area contributed by atoms with Crippen molar-refractivity contribution in [2.24, 2.45) is 0 Å². The quantitative estimate of drug-likeness (QED) is 0.634. The van der Waals surface area contributed by atoms with Crippen LogP contribution in [0.1, 0.15) is 33.6 Å². The van der Waals surface area contributed by atoms with E-state index in [-0.39, 0.29) is 37.4 Å². The lowest BCUT2D eigenvalue weighted by molar-refractivity contribution is -0.131. The Morgan fingerprint density at radius 2 is 1.96 bits per heavy atom. The first-order valence-electron chi connectivity index (χ1n) is 7.35. The number of fused-ring (bicyclic) bond motifs is 1. The number of halogens is 3. The molecule has 2 aromatic heterocycles. The molecule has 0 bridgehead atoms. The van der Waals surface area contributed by atoms with Gasteiger partial charge in [0.2, 0.25) is 0 Å². The van der Waals surface area contributed by atoms with Crippen LogP contribution in [0.2, 0.25) is 5.02 Å². The summed E-state index contributed by atoms with van der Waals surface area (Å²) in [7, 11) is 0. The number of aromatic hydroxyl groups is 1. The zero-order valence-electron chi connectivity index (χ0n) is 13.5. The molecule has 9 heteroatoms. The molecule has 2 heterocycles. The van der Waals surface area contributed by atoms with Crippen molar-refractivity contribution in [2.45, 2.75) is 20.3 Å². The molecular formula is C17H12ClF2NO4S. The number of ether oxygens (including phenoxy) is 1. The van der Waals surface area contributed by atoms with Gasteiger partial charge < -0.3 is 9.84 Å².